The lowest BCUT2D eigenvalue weighted by Crippen LogP contribution is -2.42. The van der Waals surface area contributed by atoms with Gasteiger partial charge in [-0.05, 0) is 43.3 Å². The summed E-state index contributed by atoms with van der Waals surface area (Å²) in [5, 5.41) is 0. The maximum absolute atomic E-state index is 12.8. The number of halogens is 1. The fourth-order valence-corrected chi connectivity index (χ4v) is 1.76. The molecule has 2 rings (SSSR count). The molecule has 120 valence electrons. The predicted octanol–water partition coefficient (Wildman–Crippen LogP) is 2.36. The van der Waals surface area contributed by atoms with Crippen molar-refractivity contribution >= 4 is 11.8 Å². The normalized spacial score (nSPS) is 10.0. The van der Waals surface area contributed by atoms with E-state index in [1.165, 1.54) is 24.3 Å². The highest BCUT2D eigenvalue weighted by molar-refractivity contribution is 5.95. The fourth-order valence-electron chi connectivity index (χ4n) is 1.76. The Hall–Kier alpha value is -2.89. The standard InChI is InChI=1S/C17H17FN2O3/c1-12-2-8-15(9-3-12)23-11-10-16(21)19-20-17(22)13-4-6-14(18)7-5-13/h2-9H,10-11H2,1H3,(H,19,21)(H,20,22). The number of nitrogens with one attached hydrogen (secondary N) is 2. The molecule has 2 amide bonds. The quantitative estimate of drug-likeness (QED) is 0.832. The van der Waals surface area contributed by atoms with Crippen LogP contribution in [0, 0.1) is 12.7 Å². The molecule has 2 aromatic rings. The molecule has 0 heterocycles. The van der Waals surface area contributed by atoms with E-state index in [2.05, 4.69) is 10.9 Å². The third-order valence-electron chi connectivity index (χ3n) is 3.04. The summed E-state index contributed by atoms with van der Waals surface area (Å²) in [4.78, 5) is 23.3. The molecule has 2 N–H and O–H groups in total. The van der Waals surface area contributed by atoms with Crippen LogP contribution in [-0.4, -0.2) is 18.4 Å². The third-order valence-corrected chi connectivity index (χ3v) is 3.04. The number of ether oxygens (including phenoxy) is 1. The molecular formula is C17H17FN2O3. The maximum Gasteiger partial charge on any atom is 0.269 e. The highest BCUT2D eigenvalue weighted by Crippen LogP contribution is 2.11. The number of carbonyl (C=O) groups excluding carboxylic acids is 2. The molecule has 0 atom stereocenters. The summed E-state index contributed by atoms with van der Waals surface area (Å²) >= 11 is 0. The van der Waals surface area contributed by atoms with E-state index in [1.807, 2.05) is 31.2 Å². The van der Waals surface area contributed by atoms with Gasteiger partial charge in [0.25, 0.3) is 5.91 Å². The number of rotatable bonds is 5. The Morgan fingerprint density at radius 3 is 2.30 bits per heavy atom. The number of carbonyl (C=O) groups is 2. The van der Waals surface area contributed by atoms with Crippen molar-refractivity contribution in [1.29, 1.82) is 0 Å². The summed E-state index contributed by atoms with van der Waals surface area (Å²) in [5.41, 5.74) is 5.91. The van der Waals surface area contributed by atoms with Gasteiger partial charge in [-0.1, -0.05) is 17.7 Å². The van der Waals surface area contributed by atoms with Crippen LogP contribution in [0.3, 0.4) is 0 Å². The van der Waals surface area contributed by atoms with E-state index < -0.39 is 11.7 Å². The smallest absolute Gasteiger partial charge is 0.269 e. The van der Waals surface area contributed by atoms with Gasteiger partial charge in [-0.3, -0.25) is 20.4 Å². The minimum absolute atomic E-state index is 0.0948. The zero-order valence-electron chi connectivity index (χ0n) is 12.6. The van der Waals surface area contributed by atoms with Gasteiger partial charge in [0.2, 0.25) is 5.91 Å². The molecule has 0 bridgehead atoms. The molecule has 5 nitrogen and oxygen atoms in total. The molecule has 0 aromatic heterocycles. The van der Waals surface area contributed by atoms with Crippen molar-refractivity contribution in [1.82, 2.24) is 10.9 Å². The van der Waals surface area contributed by atoms with Gasteiger partial charge in [-0.15, -0.1) is 0 Å². The van der Waals surface area contributed by atoms with Crippen molar-refractivity contribution in [2.24, 2.45) is 0 Å². The maximum atomic E-state index is 12.8. The Balaban J connectivity index is 1.69. The lowest BCUT2D eigenvalue weighted by Gasteiger charge is -2.09. The van der Waals surface area contributed by atoms with Crippen molar-refractivity contribution in [2.75, 3.05) is 6.61 Å². The first-order chi connectivity index (χ1) is 11.0. The highest BCUT2D eigenvalue weighted by atomic mass is 19.1. The lowest BCUT2D eigenvalue weighted by atomic mass is 10.2. The summed E-state index contributed by atoms with van der Waals surface area (Å²) in [6, 6.07) is 12.5. The van der Waals surface area contributed by atoms with Crippen LogP contribution in [0.1, 0.15) is 22.3 Å². The zero-order chi connectivity index (χ0) is 16.7. The summed E-state index contributed by atoms with van der Waals surface area (Å²) in [7, 11) is 0. The number of hydrazine groups is 1. The zero-order valence-corrected chi connectivity index (χ0v) is 12.6. The second-order valence-corrected chi connectivity index (χ2v) is 4.92. The van der Waals surface area contributed by atoms with E-state index >= 15 is 0 Å². The number of hydrogen-bond donors (Lipinski definition) is 2. The molecule has 0 radical (unpaired) electrons. The minimum atomic E-state index is -0.516. The van der Waals surface area contributed by atoms with Gasteiger partial charge >= 0.3 is 0 Å². The van der Waals surface area contributed by atoms with Crippen molar-refractivity contribution < 1.29 is 18.7 Å². The number of benzene rings is 2. The molecule has 0 unspecified atom stereocenters. The van der Waals surface area contributed by atoms with Crippen molar-refractivity contribution in [3.05, 3.63) is 65.5 Å². The molecule has 0 spiro atoms. The number of amides is 2. The van der Waals surface area contributed by atoms with Gasteiger partial charge in [-0.2, -0.15) is 0 Å². The summed E-state index contributed by atoms with van der Waals surface area (Å²) in [5.74, 6) is -0.650. The predicted molar refractivity (Wildman–Crippen MR) is 83.3 cm³/mol. The second kappa shape index (κ2) is 7.93. The molecule has 0 saturated carbocycles. The molecule has 0 aliphatic carbocycles. The minimum Gasteiger partial charge on any atom is -0.493 e. The van der Waals surface area contributed by atoms with Gasteiger partial charge in [-0.25, -0.2) is 4.39 Å². The first kappa shape index (κ1) is 16.5. The first-order valence-corrected chi connectivity index (χ1v) is 7.09. The van der Waals surface area contributed by atoms with Gasteiger partial charge in [0.15, 0.2) is 0 Å². The Morgan fingerprint density at radius 1 is 1.00 bits per heavy atom. The Labute approximate surface area is 133 Å². The Morgan fingerprint density at radius 2 is 1.65 bits per heavy atom. The lowest BCUT2D eigenvalue weighted by molar-refractivity contribution is -0.122. The third kappa shape index (κ3) is 5.43. The fraction of sp³-hybridized carbons (Fsp3) is 0.176. The van der Waals surface area contributed by atoms with Gasteiger partial charge in [0.1, 0.15) is 11.6 Å². The highest BCUT2D eigenvalue weighted by Gasteiger charge is 2.07. The Kier molecular flexibility index (Phi) is 5.68. The monoisotopic (exact) mass is 316 g/mol. The van der Waals surface area contributed by atoms with Crippen LogP contribution in [0.15, 0.2) is 48.5 Å². The molecule has 6 heteroatoms. The van der Waals surface area contributed by atoms with E-state index in [1.54, 1.807) is 0 Å². The van der Waals surface area contributed by atoms with Crippen molar-refractivity contribution in [3.8, 4) is 5.75 Å². The van der Waals surface area contributed by atoms with E-state index in [9.17, 15) is 14.0 Å². The molecule has 2 aromatic carbocycles. The van der Waals surface area contributed by atoms with E-state index in [4.69, 9.17) is 4.74 Å². The number of aryl methyl sites for hydroxylation is 1. The van der Waals surface area contributed by atoms with Crippen LogP contribution in [0.25, 0.3) is 0 Å². The molecule has 0 fully saturated rings. The van der Waals surface area contributed by atoms with Crippen molar-refractivity contribution in [3.63, 3.8) is 0 Å². The largest absolute Gasteiger partial charge is 0.493 e. The van der Waals surface area contributed by atoms with Crippen LogP contribution in [0.2, 0.25) is 0 Å². The summed E-state index contributed by atoms with van der Waals surface area (Å²) < 4.78 is 18.2. The molecular weight excluding hydrogens is 299 g/mol. The van der Waals surface area contributed by atoms with E-state index in [0.29, 0.717) is 5.75 Å². The average Bonchev–Trinajstić information content (AvgIpc) is 2.55. The van der Waals surface area contributed by atoms with Gasteiger partial charge in [0, 0.05) is 5.56 Å². The van der Waals surface area contributed by atoms with Crippen LogP contribution in [0.4, 0.5) is 4.39 Å². The molecule has 0 aliphatic heterocycles. The van der Waals surface area contributed by atoms with Crippen LogP contribution in [0.5, 0.6) is 5.75 Å². The Bertz CT molecular complexity index is 669. The topological polar surface area (TPSA) is 67.4 Å². The van der Waals surface area contributed by atoms with Gasteiger partial charge < -0.3 is 4.74 Å². The van der Waals surface area contributed by atoms with E-state index in [0.717, 1.165) is 5.56 Å². The van der Waals surface area contributed by atoms with E-state index in [-0.39, 0.29) is 24.5 Å². The summed E-state index contributed by atoms with van der Waals surface area (Å²) in [6.45, 7) is 2.17. The average molecular weight is 316 g/mol. The first-order valence-electron chi connectivity index (χ1n) is 7.09. The number of hydrogen-bond acceptors (Lipinski definition) is 3. The SMILES string of the molecule is Cc1ccc(OCCC(=O)NNC(=O)c2ccc(F)cc2)cc1. The second-order valence-electron chi connectivity index (χ2n) is 4.92. The van der Waals surface area contributed by atoms with Crippen LogP contribution in [-0.2, 0) is 4.79 Å². The molecule has 0 saturated heterocycles. The molecule has 23 heavy (non-hydrogen) atoms. The van der Waals surface area contributed by atoms with Crippen LogP contribution < -0.4 is 15.6 Å². The van der Waals surface area contributed by atoms with Crippen LogP contribution >= 0.6 is 0 Å². The summed E-state index contributed by atoms with van der Waals surface area (Å²) in [6.07, 6.45) is 0.0948. The van der Waals surface area contributed by atoms with Gasteiger partial charge in [0.05, 0.1) is 13.0 Å². The van der Waals surface area contributed by atoms with Crippen molar-refractivity contribution in [2.45, 2.75) is 13.3 Å². The molecule has 0 aliphatic rings.